The predicted octanol–water partition coefficient (Wildman–Crippen LogP) is 3.36. The number of benzene rings is 1. The topological polar surface area (TPSA) is 77.0 Å². The van der Waals surface area contributed by atoms with Gasteiger partial charge in [0.2, 0.25) is 5.89 Å². The number of aryl methyl sites for hydroxylation is 1. The van der Waals surface area contributed by atoms with E-state index in [9.17, 15) is 5.11 Å². The first-order chi connectivity index (χ1) is 11.8. The van der Waals surface area contributed by atoms with Gasteiger partial charge in [-0.2, -0.15) is 0 Å². The molecule has 6 nitrogen and oxygen atoms in total. The Bertz CT molecular complexity index is 840. The van der Waals surface area contributed by atoms with E-state index in [0.717, 1.165) is 35.0 Å². The predicted molar refractivity (Wildman–Crippen MR) is 90.5 cm³/mol. The van der Waals surface area contributed by atoms with Crippen LogP contribution < -0.4 is 0 Å². The fraction of sp³-hybridized carbons (Fsp3) is 0.353. The zero-order chi connectivity index (χ0) is 16.5. The minimum Gasteiger partial charge on any atom is -0.441 e. The van der Waals surface area contributed by atoms with Crippen molar-refractivity contribution in [3.8, 4) is 11.5 Å². The molecule has 1 aliphatic rings. The number of nitrogens with zero attached hydrogens (tertiary/aromatic N) is 4. The maximum Gasteiger partial charge on any atom is 0.226 e. The summed E-state index contributed by atoms with van der Waals surface area (Å²) >= 11 is 1.58. The molecule has 0 atom stereocenters. The van der Waals surface area contributed by atoms with E-state index in [1.165, 1.54) is 0 Å². The van der Waals surface area contributed by atoms with Crippen LogP contribution in [-0.4, -0.2) is 24.9 Å². The third-order valence-corrected chi connectivity index (χ3v) is 4.99. The maximum atomic E-state index is 9.41. The normalized spacial score (nSPS) is 14.2. The molecule has 7 heteroatoms. The van der Waals surface area contributed by atoms with Crippen LogP contribution in [-0.2, 0) is 12.4 Å². The first-order valence-electron chi connectivity index (χ1n) is 7.95. The van der Waals surface area contributed by atoms with Crippen LogP contribution in [0.2, 0.25) is 0 Å². The minimum atomic E-state index is -0.0782. The first kappa shape index (κ1) is 15.4. The molecule has 0 saturated heterocycles. The Morgan fingerprint density at radius 2 is 2.04 bits per heavy atom. The van der Waals surface area contributed by atoms with Crippen LogP contribution in [0.15, 0.2) is 39.9 Å². The van der Waals surface area contributed by atoms with Crippen LogP contribution in [0.5, 0.6) is 0 Å². The summed E-state index contributed by atoms with van der Waals surface area (Å²) in [6.07, 6.45) is 2.25. The summed E-state index contributed by atoms with van der Waals surface area (Å²) in [5, 5.41) is 18.5. The van der Waals surface area contributed by atoms with Crippen molar-refractivity contribution in [2.75, 3.05) is 0 Å². The molecule has 2 heterocycles. The van der Waals surface area contributed by atoms with E-state index < -0.39 is 0 Å². The van der Waals surface area contributed by atoms with Crippen molar-refractivity contribution in [1.29, 1.82) is 0 Å². The Morgan fingerprint density at radius 3 is 2.75 bits per heavy atom. The smallest absolute Gasteiger partial charge is 0.226 e. The second-order valence-electron chi connectivity index (χ2n) is 5.83. The van der Waals surface area contributed by atoms with Gasteiger partial charge in [0.1, 0.15) is 12.4 Å². The van der Waals surface area contributed by atoms with Gasteiger partial charge in [-0.05, 0) is 31.9 Å². The highest BCUT2D eigenvalue weighted by Crippen LogP contribution is 2.39. The standard InChI is InChI=1S/C17H18N4O2S/c1-11-14(18-16(23-11)12-5-3-2-4-6-12)10-24-17-20-19-15(9-22)21(17)13-7-8-13/h2-6,13,22H,7-10H2,1H3. The summed E-state index contributed by atoms with van der Waals surface area (Å²) in [5.41, 5.74) is 1.88. The average Bonchev–Trinajstić information content (AvgIpc) is 3.26. The number of thioether (sulfide) groups is 1. The van der Waals surface area contributed by atoms with Crippen molar-refractivity contribution >= 4 is 11.8 Å². The molecule has 1 N–H and O–H groups in total. The Labute approximate surface area is 143 Å². The molecule has 3 aromatic rings. The maximum absolute atomic E-state index is 9.41. The number of hydrogen-bond donors (Lipinski definition) is 1. The van der Waals surface area contributed by atoms with Crippen molar-refractivity contribution in [3.05, 3.63) is 47.6 Å². The molecule has 1 aliphatic carbocycles. The van der Waals surface area contributed by atoms with Gasteiger partial charge < -0.3 is 14.1 Å². The summed E-state index contributed by atoms with van der Waals surface area (Å²) in [5.74, 6) is 2.77. The minimum absolute atomic E-state index is 0.0782. The molecular formula is C17H18N4O2S. The second kappa shape index (κ2) is 6.41. The molecular weight excluding hydrogens is 324 g/mol. The number of rotatable bonds is 6. The lowest BCUT2D eigenvalue weighted by molar-refractivity contribution is 0.263. The Morgan fingerprint density at radius 1 is 1.25 bits per heavy atom. The van der Waals surface area contributed by atoms with E-state index in [0.29, 0.717) is 23.5 Å². The Hall–Kier alpha value is -2.12. The van der Waals surface area contributed by atoms with Gasteiger partial charge in [-0.15, -0.1) is 10.2 Å². The average molecular weight is 342 g/mol. The van der Waals surface area contributed by atoms with Gasteiger partial charge >= 0.3 is 0 Å². The van der Waals surface area contributed by atoms with Gasteiger partial charge in [-0.1, -0.05) is 30.0 Å². The summed E-state index contributed by atoms with van der Waals surface area (Å²) in [4.78, 5) is 4.62. The summed E-state index contributed by atoms with van der Waals surface area (Å²) in [7, 11) is 0. The SMILES string of the molecule is Cc1oc(-c2ccccc2)nc1CSc1nnc(CO)n1C1CC1. The zero-order valence-corrected chi connectivity index (χ0v) is 14.2. The lowest BCUT2D eigenvalue weighted by atomic mass is 10.2. The molecule has 1 saturated carbocycles. The van der Waals surface area contributed by atoms with Crippen LogP contribution in [0.25, 0.3) is 11.5 Å². The van der Waals surface area contributed by atoms with Gasteiger partial charge in [0.05, 0.1) is 5.69 Å². The molecule has 2 aromatic heterocycles. The van der Waals surface area contributed by atoms with Crippen molar-refractivity contribution in [3.63, 3.8) is 0 Å². The van der Waals surface area contributed by atoms with Crippen molar-refractivity contribution in [1.82, 2.24) is 19.7 Å². The lowest BCUT2D eigenvalue weighted by Crippen LogP contribution is -2.03. The van der Waals surface area contributed by atoms with Gasteiger partial charge in [0.25, 0.3) is 0 Å². The van der Waals surface area contributed by atoms with E-state index >= 15 is 0 Å². The van der Waals surface area contributed by atoms with Crippen LogP contribution in [0.1, 0.15) is 36.2 Å². The molecule has 0 spiro atoms. The fourth-order valence-corrected chi connectivity index (χ4v) is 3.64. The molecule has 124 valence electrons. The van der Waals surface area contributed by atoms with Gasteiger partial charge in [0, 0.05) is 17.4 Å². The number of aromatic nitrogens is 4. The molecule has 0 aliphatic heterocycles. The summed E-state index contributed by atoms with van der Waals surface area (Å²) < 4.78 is 7.85. The third-order valence-electron chi connectivity index (χ3n) is 4.04. The van der Waals surface area contributed by atoms with Crippen molar-refractivity contribution < 1.29 is 9.52 Å². The molecule has 0 radical (unpaired) electrons. The highest BCUT2D eigenvalue weighted by Gasteiger charge is 2.29. The largest absolute Gasteiger partial charge is 0.441 e. The van der Waals surface area contributed by atoms with E-state index in [1.807, 2.05) is 37.3 Å². The number of hydrogen-bond acceptors (Lipinski definition) is 6. The second-order valence-corrected chi connectivity index (χ2v) is 6.78. The fourth-order valence-electron chi connectivity index (χ4n) is 2.61. The first-order valence-corrected chi connectivity index (χ1v) is 8.94. The van der Waals surface area contributed by atoms with Gasteiger partial charge in [0.15, 0.2) is 11.0 Å². The number of aliphatic hydroxyl groups excluding tert-OH is 1. The molecule has 24 heavy (non-hydrogen) atoms. The highest BCUT2D eigenvalue weighted by atomic mass is 32.2. The van der Waals surface area contributed by atoms with Gasteiger partial charge in [-0.3, -0.25) is 0 Å². The van der Waals surface area contributed by atoms with E-state index in [-0.39, 0.29) is 6.61 Å². The van der Waals surface area contributed by atoms with E-state index in [1.54, 1.807) is 11.8 Å². The molecule has 0 bridgehead atoms. The molecule has 1 fully saturated rings. The summed E-state index contributed by atoms with van der Waals surface area (Å²) in [6.45, 7) is 1.85. The molecule has 4 rings (SSSR count). The molecule has 0 unspecified atom stereocenters. The van der Waals surface area contributed by atoms with E-state index in [4.69, 9.17) is 4.42 Å². The van der Waals surface area contributed by atoms with Crippen LogP contribution in [0.3, 0.4) is 0 Å². The molecule has 1 aromatic carbocycles. The van der Waals surface area contributed by atoms with E-state index in [2.05, 4.69) is 19.7 Å². The number of aliphatic hydroxyl groups is 1. The highest BCUT2D eigenvalue weighted by molar-refractivity contribution is 7.98. The van der Waals surface area contributed by atoms with Crippen LogP contribution >= 0.6 is 11.8 Å². The van der Waals surface area contributed by atoms with Crippen LogP contribution in [0, 0.1) is 6.92 Å². The monoisotopic (exact) mass is 342 g/mol. The Balaban J connectivity index is 1.53. The quantitative estimate of drug-likeness (QED) is 0.692. The molecule has 0 amide bonds. The summed E-state index contributed by atoms with van der Waals surface area (Å²) in [6, 6.07) is 10.3. The van der Waals surface area contributed by atoms with Crippen molar-refractivity contribution in [2.24, 2.45) is 0 Å². The van der Waals surface area contributed by atoms with Gasteiger partial charge in [-0.25, -0.2) is 4.98 Å². The third kappa shape index (κ3) is 2.97. The lowest BCUT2D eigenvalue weighted by Gasteiger charge is -2.06. The van der Waals surface area contributed by atoms with Crippen molar-refractivity contribution in [2.45, 2.75) is 43.3 Å². The zero-order valence-electron chi connectivity index (χ0n) is 13.3. The van der Waals surface area contributed by atoms with Crippen LogP contribution in [0.4, 0.5) is 0 Å². The number of oxazole rings is 1. The Kier molecular flexibility index (Phi) is 4.12.